The van der Waals surface area contributed by atoms with Crippen LogP contribution < -0.4 is 5.32 Å². The predicted octanol–water partition coefficient (Wildman–Crippen LogP) is 1.63. The van der Waals surface area contributed by atoms with Gasteiger partial charge in [-0.05, 0) is 47.6 Å². The average molecular weight is 299 g/mol. The lowest BCUT2D eigenvalue weighted by Gasteiger charge is -2.44. The van der Waals surface area contributed by atoms with E-state index in [0.29, 0.717) is 12.5 Å². The van der Waals surface area contributed by atoms with Crippen molar-refractivity contribution in [2.45, 2.75) is 71.6 Å². The number of hydrogen-bond donors (Lipinski definition) is 2. The highest BCUT2D eigenvalue weighted by Gasteiger charge is 2.37. The fourth-order valence-corrected chi connectivity index (χ4v) is 3.46. The van der Waals surface area contributed by atoms with Crippen molar-refractivity contribution in [3.05, 3.63) is 0 Å². The van der Waals surface area contributed by atoms with Crippen LogP contribution in [0, 0.1) is 0 Å². The molecule has 1 heterocycles. The Morgan fingerprint density at radius 3 is 2.43 bits per heavy atom. The van der Waals surface area contributed by atoms with Crippen LogP contribution in [-0.2, 0) is 4.79 Å². The third-order valence-electron chi connectivity index (χ3n) is 4.61. The molecule has 0 aromatic rings. The topological polar surface area (TPSA) is 55.8 Å². The van der Waals surface area contributed by atoms with Crippen LogP contribution in [0.2, 0.25) is 0 Å². The fourth-order valence-electron chi connectivity index (χ4n) is 3.46. The van der Waals surface area contributed by atoms with Crippen molar-refractivity contribution in [2.24, 2.45) is 0 Å². The largest absolute Gasteiger partial charge is 0.480 e. The van der Waals surface area contributed by atoms with E-state index < -0.39 is 11.5 Å². The Hall–Kier alpha value is -0.650. The first-order chi connectivity index (χ1) is 9.69. The molecule has 1 fully saturated rings. The van der Waals surface area contributed by atoms with E-state index in [1.807, 2.05) is 13.8 Å². The number of carbonyl (C=O) groups is 1. The summed E-state index contributed by atoms with van der Waals surface area (Å²) in [5, 5.41) is 12.8. The summed E-state index contributed by atoms with van der Waals surface area (Å²) >= 11 is 0. The number of aliphatic carboxylic acids is 1. The quantitative estimate of drug-likeness (QED) is 0.748. The summed E-state index contributed by atoms with van der Waals surface area (Å²) in [4.78, 5) is 16.6. The number of carboxylic acids is 1. The molecule has 1 saturated heterocycles. The van der Waals surface area contributed by atoms with Gasteiger partial charge in [-0.25, -0.2) is 0 Å². The molecule has 0 amide bonds. The molecular weight excluding hydrogens is 266 g/mol. The van der Waals surface area contributed by atoms with Gasteiger partial charge in [-0.15, -0.1) is 0 Å². The number of rotatable bonds is 7. The smallest absolute Gasteiger partial charge is 0.323 e. The first kappa shape index (κ1) is 18.4. The van der Waals surface area contributed by atoms with Gasteiger partial charge in [-0.2, -0.15) is 0 Å². The summed E-state index contributed by atoms with van der Waals surface area (Å²) in [5.74, 6) is -0.761. The molecular formula is C16H33N3O2. The number of likely N-dealkylation sites (N-methyl/N-ethyl adjacent to an activating group) is 1. The van der Waals surface area contributed by atoms with E-state index in [9.17, 15) is 9.90 Å². The summed E-state index contributed by atoms with van der Waals surface area (Å²) in [7, 11) is 0. The lowest BCUT2D eigenvalue weighted by Crippen LogP contribution is -2.59. The van der Waals surface area contributed by atoms with Gasteiger partial charge < -0.3 is 5.11 Å². The van der Waals surface area contributed by atoms with Crippen LogP contribution in [-0.4, -0.2) is 70.7 Å². The molecule has 0 bridgehead atoms. The van der Waals surface area contributed by atoms with Crippen molar-refractivity contribution in [2.75, 3.05) is 26.2 Å². The molecule has 0 spiro atoms. The van der Waals surface area contributed by atoms with Crippen LogP contribution in [0.5, 0.6) is 0 Å². The second kappa shape index (κ2) is 7.56. The minimum Gasteiger partial charge on any atom is -0.480 e. The maximum absolute atomic E-state index is 11.6. The van der Waals surface area contributed by atoms with Crippen molar-refractivity contribution in [1.82, 2.24) is 15.1 Å². The summed E-state index contributed by atoms with van der Waals surface area (Å²) < 4.78 is 0. The van der Waals surface area contributed by atoms with Gasteiger partial charge in [-0.1, -0.05) is 6.92 Å². The van der Waals surface area contributed by atoms with Gasteiger partial charge >= 0.3 is 5.97 Å². The lowest BCUT2D eigenvalue weighted by atomic mass is 9.91. The number of nitrogens with one attached hydrogen (secondary N) is 1. The Morgan fingerprint density at radius 1 is 1.38 bits per heavy atom. The van der Waals surface area contributed by atoms with Gasteiger partial charge in [0.2, 0.25) is 0 Å². The lowest BCUT2D eigenvalue weighted by molar-refractivity contribution is -0.145. The highest BCUT2D eigenvalue weighted by atomic mass is 16.4. The Bertz CT molecular complexity index is 348. The first-order valence-electron chi connectivity index (χ1n) is 8.18. The molecule has 1 rings (SSSR count). The van der Waals surface area contributed by atoms with Crippen molar-refractivity contribution in [3.63, 3.8) is 0 Å². The van der Waals surface area contributed by atoms with Crippen molar-refractivity contribution >= 4 is 5.97 Å². The number of carboxylic acid groups (broad SMARTS) is 1. The SMILES string of the molecule is CCN1CCN(C(C)CC(C)(NC(C)C)C(=O)O)CC1C. The molecule has 0 aromatic heterocycles. The van der Waals surface area contributed by atoms with E-state index in [0.717, 1.165) is 26.2 Å². The van der Waals surface area contributed by atoms with E-state index in [-0.39, 0.29) is 12.1 Å². The fraction of sp³-hybridized carbons (Fsp3) is 0.938. The molecule has 2 N–H and O–H groups in total. The summed E-state index contributed by atoms with van der Waals surface area (Å²) in [6.45, 7) is 16.6. The molecule has 0 aromatic carbocycles. The highest BCUT2D eigenvalue weighted by molar-refractivity contribution is 5.78. The van der Waals surface area contributed by atoms with Crippen LogP contribution in [0.15, 0.2) is 0 Å². The van der Waals surface area contributed by atoms with E-state index in [1.54, 1.807) is 6.92 Å². The molecule has 0 radical (unpaired) electrons. The van der Waals surface area contributed by atoms with Crippen molar-refractivity contribution in [3.8, 4) is 0 Å². The molecule has 21 heavy (non-hydrogen) atoms. The maximum atomic E-state index is 11.6. The van der Waals surface area contributed by atoms with Crippen molar-refractivity contribution in [1.29, 1.82) is 0 Å². The molecule has 3 unspecified atom stereocenters. The molecule has 0 aliphatic carbocycles. The standard InChI is InChI=1S/C16H33N3O2/c1-7-18-8-9-19(11-14(18)5)13(4)10-16(6,15(20)21)17-12(2)3/h12-14,17H,7-11H2,1-6H3,(H,20,21). The van der Waals surface area contributed by atoms with Gasteiger partial charge in [0.1, 0.15) is 5.54 Å². The van der Waals surface area contributed by atoms with Gasteiger partial charge in [0, 0.05) is 37.8 Å². The molecule has 5 nitrogen and oxygen atoms in total. The zero-order chi connectivity index (χ0) is 16.2. The zero-order valence-corrected chi connectivity index (χ0v) is 14.5. The minimum atomic E-state index is -0.862. The Kier molecular flexibility index (Phi) is 6.63. The van der Waals surface area contributed by atoms with Crippen LogP contribution >= 0.6 is 0 Å². The Balaban J connectivity index is 2.66. The summed E-state index contributed by atoms with van der Waals surface area (Å²) in [5.41, 5.74) is -0.862. The molecule has 124 valence electrons. The average Bonchev–Trinajstić information content (AvgIpc) is 2.37. The highest BCUT2D eigenvalue weighted by Crippen LogP contribution is 2.20. The normalized spacial score (nSPS) is 25.8. The van der Waals surface area contributed by atoms with Crippen LogP contribution in [0.4, 0.5) is 0 Å². The van der Waals surface area contributed by atoms with Gasteiger partial charge in [-0.3, -0.25) is 19.9 Å². The number of piperazine rings is 1. The third-order valence-corrected chi connectivity index (χ3v) is 4.61. The van der Waals surface area contributed by atoms with Crippen LogP contribution in [0.3, 0.4) is 0 Å². The summed E-state index contributed by atoms with van der Waals surface area (Å²) in [6.07, 6.45) is 0.624. The maximum Gasteiger partial charge on any atom is 0.323 e. The second-order valence-corrected chi connectivity index (χ2v) is 6.96. The minimum absolute atomic E-state index is 0.161. The predicted molar refractivity (Wildman–Crippen MR) is 86.7 cm³/mol. The van der Waals surface area contributed by atoms with Gasteiger partial charge in [0.05, 0.1) is 0 Å². The molecule has 1 aliphatic heterocycles. The Morgan fingerprint density at radius 2 is 2.00 bits per heavy atom. The first-order valence-corrected chi connectivity index (χ1v) is 8.18. The van der Waals surface area contributed by atoms with Gasteiger partial charge in [0.15, 0.2) is 0 Å². The molecule has 1 aliphatic rings. The third kappa shape index (κ3) is 4.94. The van der Waals surface area contributed by atoms with E-state index >= 15 is 0 Å². The monoisotopic (exact) mass is 299 g/mol. The van der Waals surface area contributed by atoms with Crippen LogP contribution in [0.1, 0.15) is 48.0 Å². The van der Waals surface area contributed by atoms with Gasteiger partial charge in [0.25, 0.3) is 0 Å². The molecule has 5 heteroatoms. The van der Waals surface area contributed by atoms with Crippen LogP contribution in [0.25, 0.3) is 0 Å². The molecule has 3 atom stereocenters. The van der Waals surface area contributed by atoms with Crippen molar-refractivity contribution < 1.29 is 9.90 Å². The van der Waals surface area contributed by atoms with E-state index in [2.05, 4.69) is 35.9 Å². The number of hydrogen-bond acceptors (Lipinski definition) is 4. The zero-order valence-electron chi connectivity index (χ0n) is 14.5. The second-order valence-electron chi connectivity index (χ2n) is 6.96. The number of nitrogens with zero attached hydrogens (tertiary/aromatic N) is 2. The molecule has 0 saturated carbocycles. The summed E-state index contributed by atoms with van der Waals surface area (Å²) in [6, 6.07) is 0.966. The van der Waals surface area contributed by atoms with E-state index in [4.69, 9.17) is 0 Å². The van der Waals surface area contributed by atoms with E-state index in [1.165, 1.54) is 0 Å². The Labute approximate surface area is 129 Å².